The number of aliphatic hydroxyl groups is 1. The number of hydrogen-bond acceptors (Lipinski definition) is 8. The Morgan fingerprint density at radius 3 is 2.95 bits per heavy atom. The van der Waals surface area contributed by atoms with E-state index in [-0.39, 0.29) is 18.3 Å². The van der Waals surface area contributed by atoms with Gasteiger partial charge in [-0.05, 0) is 19.2 Å². The largest absolute Gasteiger partial charge is 0.387 e. The van der Waals surface area contributed by atoms with E-state index < -0.39 is 17.5 Å². The predicted molar refractivity (Wildman–Crippen MR) is 78.2 cm³/mol. The van der Waals surface area contributed by atoms with Crippen molar-refractivity contribution in [3.8, 4) is 0 Å². The highest BCUT2D eigenvalue weighted by molar-refractivity contribution is 7.17. The summed E-state index contributed by atoms with van der Waals surface area (Å²) in [4.78, 5) is 8.35. The molecule has 1 spiro atoms. The summed E-state index contributed by atoms with van der Waals surface area (Å²) in [6.07, 6.45) is -0.210. The van der Waals surface area contributed by atoms with Crippen molar-refractivity contribution in [3.63, 3.8) is 0 Å². The summed E-state index contributed by atoms with van der Waals surface area (Å²) in [6, 6.07) is 0. The van der Waals surface area contributed by atoms with Gasteiger partial charge in [-0.1, -0.05) is 0 Å². The van der Waals surface area contributed by atoms with Crippen LogP contribution in [0.25, 0.3) is 10.2 Å². The number of nitrogen functional groups attached to an aromatic ring is 1. The van der Waals surface area contributed by atoms with Gasteiger partial charge >= 0.3 is 0 Å². The first-order valence-electron chi connectivity index (χ1n) is 7.13. The SMILES string of the molecule is CC1(C)O[C@H]2[C@H](c3csc4c(N)ncnc34)O[C@@H]3C(O)[C@@]32O1. The van der Waals surface area contributed by atoms with Gasteiger partial charge < -0.3 is 25.1 Å². The van der Waals surface area contributed by atoms with Crippen LogP contribution < -0.4 is 5.73 Å². The van der Waals surface area contributed by atoms with Gasteiger partial charge in [-0.25, -0.2) is 9.97 Å². The summed E-state index contributed by atoms with van der Waals surface area (Å²) in [5.74, 6) is -0.273. The molecule has 3 N–H and O–H groups in total. The lowest BCUT2D eigenvalue weighted by molar-refractivity contribution is -0.176. The number of thiophene rings is 1. The lowest BCUT2D eigenvalue weighted by Gasteiger charge is -2.22. The third-order valence-electron chi connectivity index (χ3n) is 4.65. The molecule has 1 unspecified atom stereocenters. The molecule has 2 aromatic heterocycles. The van der Waals surface area contributed by atoms with E-state index in [1.165, 1.54) is 17.7 Å². The summed E-state index contributed by atoms with van der Waals surface area (Å²) < 4.78 is 18.8. The van der Waals surface area contributed by atoms with Gasteiger partial charge in [0.05, 0.1) is 10.2 Å². The number of ether oxygens (including phenoxy) is 3. The lowest BCUT2D eigenvalue weighted by atomic mass is 10.0. The van der Waals surface area contributed by atoms with Crippen molar-refractivity contribution in [2.24, 2.45) is 0 Å². The van der Waals surface area contributed by atoms with Crippen molar-refractivity contribution < 1.29 is 19.3 Å². The van der Waals surface area contributed by atoms with Crippen molar-refractivity contribution in [2.75, 3.05) is 5.73 Å². The molecule has 4 heterocycles. The summed E-state index contributed by atoms with van der Waals surface area (Å²) >= 11 is 1.49. The second kappa shape index (κ2) is 3.77. The van der Waals surface area contributed by atoms with E-state index in [1.54, 1.807) is 0 Å². The second-order valence-corrected chi connectivity index (χ2v) is 7.32. The highest BCUT2D eigenvalue weighted by atomic mass is 32.1. The minimum Gasteiger partial charge on any atom is -0.387 e. The molecule has 1 aliphatic carbocycles. The minimum atomic E-state index is -0.749. The standard InChI is InChI=1S/C14H15N3O4S/c1-13(2)20-10-7(19-11-9(18)14(10,11)21-13)5-3-22-8-6(5)16-4-17-12(8)15/h3-4,7,9-11,18H,1-2H3,(H2,15,16,17)/t7-,9?,10-,11+,14-/m0/s1. The van der Waals surface area contributed by atoms with E-state index in [1.807, 2.05) is 19.2 Å². The zero-order valence-corrected chi connectivity index (χ0v) is 12.8. The number of rotatable bonds is 1. The first-order valence-corrected chi connectivity index (χ1v) is 8.01. The molecule has 22 heavy (non-hydrogen) atoms. The molecular weight excluding hydrogens is 306 g/mol. The number of fused-ring (bicyclic) bond motifs is 1. The first-order chi connectivity index (χ1) is 10.4. The molecular formula is C14H15N3O4S. The normalized spacial score (nSPS) is 41.6. The molecule has 2 aromatic rings. The summed E-state index contributed by atoms with van der Waals surface area (Å²) in [6.45, 7) is 3.70. The fourth-order valence-electron chi connectivity index (χ4n) is 3.72. The predicted octanol–water partition coefficient (Wildman–Crippen LogP) is 0.978. The Morgan fingerprint density at radius 2 is 2.14 bits per heavy atom. The van der Waals surface area contributed by atoms with E-state index in [0.29, 0.717) is 5.82 Å². The van der Waals surface area contributed by atoms with Crippen molar-refractivity contribution in [1.82, 2.24) is 9.97 Å². The molecule has 2 saturated heterocycles. The third-order valence-corrected chi connectivity index (χ3v) is 5.66. The van der Waals surface area contributed by atoms with Gasteiger partial charge in [-0.2, -0.15) is 0 Å². The molecule has 3 fully saturated rings. The van der Waals surface area contributed by atoms with Crippen LogP contribution in [0, 0.1) is 0 Å². The molecule has 0 amide bonds. The number of nitrogens with zero attached hydrogens (tertiary/aromatic N) is 2. The van der Waals surface area contributed by atoms with Gasteiger partial charge in [0.2, 0.25) is 0 Å². The van der Waals surface area contributed by atoms with Crippen molar-refractivity contribution >= 4 is 27.4 Å². The van der Waals surface area contributed by atoms with E-state index >= 15 is 0 Å². The van der Waals surface area contributed by atoms with E-state index in [0.717, 1.165) is 15.8 Å². The van der Waals surface area contributed by atoms with Gasteiger partial charge in [0.1, 0.15) is 36.6 Å². The Bertz CT molecular complexity index is 793. The Kier molecular flexibility index (Phi) is 2.25. The van der Waals surface area contributed by atoms with Crippen LogP contribution in [0.5, 0.6) is 0 Å². The van der Waals surface area contributed by atoms with Crippen LogP contribution in [-0.2, 0) is 14.2 Å². The number of aromatic nitrogens is 2. The quantitative estimate of drug-likeness (QED) is 0.807. The Balaban J connectivity index is 1.61. The van der Waals surface area contributed by atoms with Gasteiger partial charge in [-0.3, -0.25) is 0 Å². The molecule has 5 rings (SSSR count). The molecule has 1 saturated carbocycles. The molecule has 3 aliphatic rings. The summed E-state index contributed by atoms with van der Waals surface area (Å²) in [5, 5.41) is 12.1. The Hall–Kier alpha value is -1.32. The molecule has 116 valence electrons. The average molecular weight is 321 g/mol. The third kappa shape index (κ3) is 1.40. The molecule has 5 atom stereocenters. The van der Waals surface area contributed by atoms with Gasteiger partial charge in [-0.15, -0.1) is 11.3 Å². The first kappa shape index (κ1) is 13.1. The molecule has 2 aliphatic heterocycles. The zero-order chi connectivity index (χ0) is 15.3. The monoisotopic (exact) mass is 321 g/mol. The fraction of sp³-hybridized carbons (Fsp3) is 0.571. The van der Waals surface area contributed by atoms with Gasteiger partial charge in [0.15, 0.2) is 11.4 Å². The minimum absolute atomic E-state index is 0.321. The highest BCUT2D eigenvalue weighted by Crippen LogP contribution is 2.64. The van der Waals surface area contributed by atoms with Crippen LogP contribution in [0.3, 0.4) is 0 Å². The highest BCUT2D eigenvalue weighted by Gasteiger charge is 2.83. The van der Waals surface area contributed by atoms with Crippen molar-refractivity contribution in [1.29, 1.82) is 0 Å². The Labute approximate surface area is 130 Å². The number of nitrogens with two attached hydrogens (primary N) is 1. The van der Waals surface area contributed by atoms with Crippen LogP contribution in [0.4, 0.5) is 5.82 Å². The molecule has 8 heteroatoms. The zero-order valence-electron chi connectivity index (χ0n) is 12.0. The van der Waals surface area contributed by atoms with Crippen molar-refractivity contribution in [2.45, 2.75) is 49.7 Å². The van der Waals surface area contributed by atoms with E-state index in [9.17, 15) is 5.11 Å². The number of hydrogen-bond donors (Lipinski definition) is 2. The van der Waals surface area contributed by atoms with Crippen LogP contribution in [-0.4, -0.2) is 44.8 Å². The van der Waals surface area contributed by atoms with Gasteiger partial charge in [0, 0.05) is 5.56 Å². The number of aliphatic hydroxyl groups excluding tert-OH is 1. The molecule has 0 radical (unpaired) electrons. The Morgan fingerprint density at radius 1 is 1.32 bits per heavy atom. The summed E-state index contributed by atoms with van der Waals surface area (Å²) in [7, 11) is 0. The van der Waals surface area contributed by atoms with E-state index in [2.05, 4.69) is 9.97 Å². The fourth-order valence-corrected chi connectivity index (χ4v) is 4.67. The lowest BCUT2D eigenvalue weighted by Crippen LogP contribution is -2.31. The van der Waals surface area contributed by atoms with Crippen LogP contribution >= 0.6 is 11.3 Å². The molecule has 0 bridgehead atoms. The van der Waals surface area contributed by atoms with Crippen LogP contribution in [0.2, 0.25) is 0 Å². The maximum Gasteiger partial charge on any atom is 0.164 e. The second-order valence-electron chi connectivity index (χ2n) is 6.44. The average Bonchev–Trinajstić information content (AvgIpc) is 2.85. The van der Waals surface area contributed by atoms with Crippen LogP contribution in [0.15, 0.2) is 11.7 Å². The smallest absolute Gasteiger partial charge is 0.164 e. The summed E-state index contributed by atoms with van der Waals surface area (Å²) in [5.41, 5.74) is 6.84. The topological polar surface area (TPSA) is 99.7 Å². The molecule has 7 nitrogen and oxygen atoms in total. The van der Waals surface area contributed by atoms with Crippen molar-refractivity contribution in [3.05, 3.63) is 17.3 Å². The maximum atomic E-state index is 10.1. The van der Waals surface area contributed by atoms with Gasteiger partial charge in [0.25, 0.3) is 0 Å². The number of anilines is 1. The molecule has 0 aromatic carbocycles. The van der Waals surface area contributed by atoms with Crippen LogP contribution in [0.1, 0.15) is 25.5 Å². The van der Waals surface area contributed by atoms with E-state index in [4.69, 9.17) is 19.9 Å². The maximum absolute atomic E-state index is 10.1.